The van der Waals surface area contributed by atoms with E-state index in [9.17, 15) is 9.59 Å². The Kier molecular flexibility index (Phi) is 3.69. The predicted octanol–water partition coefficient (Wildman–Crippen LogP) is 2.52. The lowest BCUT2D eigenvalue weighted by molar-refractivity contribution is -0.121. The molecule has 2 aromatic rings. The molecule has 21 heavy (non-hydrogen) atoms. The van der Waals surface area contributed by atoms with Gasteiger partial charge in [0.2, 0.25) is 0 Å². The molecular weight excluding hydrogens is 264 g/mol. The second-order valence-corrected chi connectivity index (χ2v) is 5.04. The van der Waals surface area contributed by atoms with Crippen molar-refractivity contribution >= 4 is 11.9 Å². The average molecular weight is 280 g/mol. The number of hydrogen-bond donors (Lipinski definition) is 1. The number of carbonyl (C=O) groups excluding carboxylic acids is 2. The molecule has 3 rings (SSSR count). The van der Waals surface area contributed by atoms with Gasteiger partial charge in [-0.15, -0.1) is 0 Å². The van der Waals surface area contributed by atoms with Crippen LogP contribution in [0.4, 0.5) is 4.79 Å². The highest BCUT2D eigenvalue weighted by atomic mass is 16.2. The molecule has 0 spiro atoms. The zero-order valence-corrected chi connectivity index (χ0v) is 11.5. The van der Waals surface area contributed by atoms with Gasteiger partial charge in [-0.1, -0.05) is 60.7 Å². The molecule has 0 saturated carbocycles. The molecule has 3 amide bonds. The number of carbonyl (C=O) groups is 2. The van der Waals surface area contributed by atoms with Crippen LogP contribution in [0, 0.1) is 0 Å². The lowest BCUT2D eigenvalue weighted by atomic mass is 10.1. The largest absolute Gasteiger partial charge is 0.325 e. The number of urea groups is 1. The number of nitrogens with one attached hydrogen (secondary N) is 1. The molecule has 1 heterocycles. The highest BCUT2D eigenvalue weighted by Crippen LogP contribution is 2.25. The molecule has 1 atom stereocenters. The summed E-state index contributed by atoms with van der Waals surface area (Å²) in [5.74, 6) is -0.251. The van der Waals surface area contributed by atoms with Gasteiger partial charge in [0, 0.05) is 6.54 Å². The minimum absolute atomic E-state index is 0.251. The number of imide groups is 1. The molecule has 1 unspecified atom stereocenters. The molecule has 0 aromatic heterocycles. The van der Waals surface area contributed by atoms with Gasteiger partial charge in [-0.2, -0.15) is 0 Å². The molecule has 0 radical (unpaired) electrons. The fraction of sp³-hybridized carbons (Fsp3) is 0.176. The van der Waals surface area contributed by atoms with Crippen LogP contribution < -0.4 is 5.32 Å². The molecule has 1 N–H and O–H groups in total. The topological polar surface area (TPSA) is 49.4 Å². The first kappa shape index (κ1) is 13.4. The Balaban J connectivity index is 1.78. The number of nitrogens with zero attached hydrogens (tertiary/aromatic N) is 1. The maximum atomic E-state index is 12.0. The van der Waals surface area contributed by atoms with Crippen LogP contribution in [-0.2, 0) is 11.2 Å². The smallest absolute Gasteiger partial charge is 0.308 e. The Morgan fingerprint density at radius 3 is 2.19 bits per heavy atom. The van der Waals surface area contributed by atoms with Crippen LogP contribution in [0.1, 0.15) is 17.2 Å². The molecule has 0 bridgehead atoms. The minimum Gasteiger partial charge on any atom is -0.308 e. The van der Waals surface area contributed by atoms with Gasteiger partial charge in [0.25, 0.3) is 5.91 Å². The van der Waals surface area contributed by atoms with Crippen LogP contribution in [0.2, 0.25) is 0 Å². The second kappa shape index (κ2) is 5.79. The van der Waals surface area contributed by atoms with E-state index in [4.69, 9.17) is 0 Å². The second-order valence-electron chi connectivity index (χ2n) is 5.04. The normalized spacial score (nSPS) is 17.9. The molecule has 0 aliphatic carbocycles. The van der Waals surface area contributed by atoms with Crippen molar-refractivity contribution < 1.29 is 9.59 Å². The van der Waals surface area contributed by atoms with E-state index in [0.29, 0.717) is 6.54 Å². The van der Waals surface area contributed by atoms with Gasteiger partial charge in [-0.25, -0.2) is 4.79 Å². The summed E-state index contributed by atoms with van der Waals surface area (Å²) in [6, 6.07) is 18.5. The van der Waals surface area contributed by atoms with Crippen molar-refractivity contribution in [3.05, 3.63) is 71.8 Å². The SMILES string of the molecule is O=C1NC(=O)N(CCc2ccccc2)C1c1ccccc1. The zero-order chi connectivity index (χ0) is 14.7. The first-order valence-electron chi connectivity index (χ1n) is 6.96. The van der Waals surface area contributed by atoms with Gasteiger partial charge in [0.15, 0.2) is 0 Å². The third kappa shape index (κ3) is 2.79. The van der Waals surface area contributed by atoms with Gasteiger partial charge in [0.1, 0.15) is 6.04 Å². The van der Waals surface area contributed by atoms with E-state index >= 15 is 0 Å². The van der Waals surface area contributed by atoms with Gasteiger partial charge in [-0.05, 0) is 17.5 Å². The van der Waals surface area contributed by atoms with Gasteiger partial charge >= 0.3 is 6.03 Å². The Bertz CT molecular complexity index is 640. The van der Waals surface area contributed by atoms with E-state index in [1.165, 1.54) is 0 Å². The molecule has 1 saturated heterocycles. The van der Waals surface area contributed by atoms with Gasteiger partial charge in [-0.3, -0.25) is 10.1 Å². The zero-order valence-electron chi connectivity index (χ0n) is 11.5. The fourth-order valence-corrected chi connectivity index (χ4v) is 2.60. The number of amides is 3. The fourth-order valence-electron chi connectivity index (χ4n) is 2.60. The first-order valence-corrected chi connectivity index (χ1v) is 6.96. The summed E-state index contributed by atoms with van der Waals surface area (Å²) in [7, 11) is 0. The maximum absolute atomic E-state index is 12.0. The van der Waals surface area contributed by atoms with E-state index in [0.717, 1.165) is 17.5 Å². The third-order valence-corrected chi connectivity index (χ3v) is 3.65. The summed E-state index contributed by atoms with van der Waals surface area (Å²) in [5.41, 5.74) is 1.99. The highest BCUT2D eigenvalue weighted by molar-refractivity contribution is 6.04. The van der Waals surface area contributed by atoms with Crippen molar-refractivity contribution in [3.8, 4) is 0 Å². The molecule has 106 valence electrons. The summed E-state index contributed by atoms with van der Waals surface area (Å²) in [4.78, 5) is 25.6. The predicted molar refractivity (Wildman–Crippen MR) is 79.6 cm³/mol. The summed E-state index contributed by atoms with van der Waals surface area (Å²) < 4.78 is 0. The maximum Gasteiger partial charge on any atom is 0.325 e. The molecule has 1 aliphatic rings. The van der Waals surface area contributed by atoms with Crippen molar-refractivity contribution in [2.75, 3.05) is 6.54 Å². The van der Waals surface area contributed by atoms with Crippen LogP contribution in [-0.4, -0.2) is 23.4 Å². The Labute approximate surface area is 123 Å². The number of hydrogen-bond acceptors (Lipinski definition) is 2. The van der Waals surface area contributed by atoms with Crippen molar-refractivity contribution in [1.29, 1.82) is 0 Å². The Morgan fingerprint density at radius 1 is 0.905 bits per heavy atom. The van der Waals surface area contributed by atoms with Crippen LogP contribution in [0.5, 0.6) is 0 Å². The third-order valence-electron chi connectivity index (χ3n) is 3.65. The van der Waals surface area contributed by atoms with E-state index in [1.54, 1.807) is 4.90 Å². The van der Waals surface area contributed by atoms with E-state index < -0.39 is 6.04 Å². The van der Waals surface area contributed by atoms with Crippen molar-refractivity contribution in [1.82, 2.24) is 10.2 Å². The molecule has 4 nitrogen and oxygen atoms in total. The first-order chi connectivity index (χ1) is 10.3. The van der Waals surface area contributed by atoms with Crippen LogP contribution in [0.3, 0.4) is 0 Å². The molecule has 1 fully saturated rings. The van der Waals surface area contributed by atoms with E-state index in [1.807, 2.05) is 60.7 Å². The lowest BCUT2D eigenvalue weighted by Gasteiger charge is -2.22. The minimum atomic E-state index is -0.526. The van der Waals surface area contributed by atoms with Crippen LogP contribution >= 0.6 is 0 Å². The van der Waals surface area contributed by atoms with E-state index in [2.05, 4.69) is 5.32 Å². The van der Waals surface area contributed by atoms with Crippen molar-refractivity contribution in [2.45, 2.75) is 12.5 Å². The lowest BCUT2D eigenvalue weighted by Crippen LogP contribution is -2.31. The Morgan fingerprint density at radius 2 is 1.52 bits per heavy atom. The standard InChI is InChI=1S/C17H16N2O2/c20-16-15(14-9-5-2-6-10-14)19(17(21)18-16)12-11-13-7-3-1-4-8-13/h1-10,15H,11-12H2,(H,18,20,21). The summed E-state index contributed by atoms with van der Waals surface area (Å²) in [6.07, 6.45) is 0.727. The number of rotatable bonds is 4. The van der Waals surface area contributed by atoms with Crippen LogP contribution in [0.15, 0.2) is 60.7 Å². The van der Waals surface area contributed by atoms with Gasteiger partial charge in [0.05, 0.1) is 0 Å². The summed E-state index contributed by atoms with van der Waals surface area (Å²) in [5, 5.41) is 2.40. The van der Waals surface area contributed by atoms with Crippen molar-refractivity contribution in [2.24, 2.45) is 0 Å². The number of benzene rings is 2. The molecule has 1 aliphatic heterocycles. The van der Waals surface area contributed by atoms with Crippen LogP contribution in [0.25, 0.3) is 0 Å². The molecule has 4 heteroatoms. The molecular formula is C17H16N2O2. The Hall–Kier alpha value is -2.62. The average Bonchev–Trinajstić information content (AvgIpc) is 2.81. The quantitative estimate of drug-likeness (QED) is 0.875. The van der Waals surface area contributed by atoms with E-state index in [-0.39, 0.29) is 11.9 Å². The summed E-state index contributed by atoms with van der Waals surface area (Å²) >= 11 is 0. The molecule has 2 aromatic carbocycles. The highest BCUT2D eigenvalue weighted by Gasteiger charge is 2.38. The summed E-state index contributed by atoms with van der Waals surface area (Å²) in [6.45, 7) is 0.515. The van der Waals surface area contributed by atoms with Gasteiger partial charge < -0.3 is 4.90 Å². The monoisotopic (exact) mass is 280 g/mol. The van der Waals surface area contributed by atoms with Crippen molar-refractivity contribution in [3.63, 3.8) is 0 Å².